The summed E-state index contributed by atoms with van der Waals surface area (Å²) in [6.07, 6.45) is 3.17. The zero-order valence-corrected chi connectivity index (χ0v) is 12.6. The van der Waals surface area contributed by atoms with E-state index in [-0.39, 0.29) is 12.5 Å². The third-order valence-corrected chi connectivity index (χ3v) is 5.30. The molecule has 2 rings (SSSR count). The summed E-state index contributed by atoms with van der Waals surface area (Å²) in [5.41, 5.74) is 0.674. The molecule has 0 aliphatic carbocycles. The van der Waals surface area contributed by atoms with Crippen LogP contribution in [0.5, 0.6) is 0 Å². The molecule has 0 aromatic heterocycles. The van der Waals surface area contributed by atoms with Crippen molar-refractivity contribution in [3.05, 3.63) is 40.3 Å². The van der Waals surface area contributed by atoms with Gasteiger partial charge in [-0.3, -0.25) is 0 Å². The van der Waals surface area contributed by atoms with E-state index in [9.17, 15) is 8.42 Å². The molecule has 110 valence electrons. The minimum absolute atomic E-state index is 0.0280. The molecule has 1 aromatic carbocycles. The summed E-state index contributed by atoms with van der Waals surface area (Å²) in [4.78, 5) is 0. The number of benzene rings is 1. The first-order valence-corrected chi connectivity index (χ1v) is 8.44. The van der Waals surface area contributed by atoms with E-state index in [1.54, 1.807) is 24.3 Å². The zero-order valence-electron chi connectivity index (χ0n) is 11.1. The van der Waals surface area contributed by atoms with Gasteiger partial charge in [-0.25, -0.2) is 8.42 Å². The van der Waals surface area contributed by atoms with E-state index >= 15 is 0 Å². The zero-order chi connectivity index (χ0) is 14.6. The molecule has 0 amide bonds. The van der Waals surface area contributed by atoms with Crippen LogP contribution in [0.15, 0.2) is 29.7 Å². The Morgan fingerprint density at radius 2 is 2.15 bits per heavy atom. The Kier molecular flexibility index (Phi) is 5.21. The van der Waals surface area contributed by atoms with E-state index in [0.717, 1.165) is 12.8 Å². The van der Waals surface area contributed by atoms with E-state index < -0.39 is 10.0 Å². The van der Waals surface area contributed by atoms with Gasteiger partial charge >= 0.3 is 0 Å². The quantitative estimate of drug-likeness (QED) is 0.928. The molecule has 20 heavy (non-hydrogen) atoms. The Labute approximate surface area is 124 Å². The number of piperidine rings is 1. The number of rotatable bonds is 4. The number of sulfonamides is 1. The fraction of sp³-hybridized carbons (Fsp3) is 0.429. The van der Waals surface area contributed by atoms with Crippen LogP contribution in [0, 0.1) is 5.92 Å². The van der Waals surface area contributed by atoms with Crippen LogP contribution in [0.4, 0.5) is 0 Å². The molecule has 4 nitrogen and oxygen atoms in total. The second-order valence-electron chi connectivity index (χ2n) is 4.92. The lowest BCUT2D eigenvalue weighted by Crippen LogP contribution is -2.39. The van der Waals surface area contributed by atoms with Crippen LogP contribution in [0.1, 0.15) is 18.4 Å². The molecule has 1 aliphatic rings. The molecule has 0 bridgehead atoms. The van der Waals surface area contributed by atoms with E-state index in [0.29, 0.717) is 23.7 Å². The molecule has 6 heteroatoms. The Bertz CT molecular complexity index is 586. The van der Waals surface area contributed by atoms with E-state index in [1.165, 1.54) is 15.8 Å². The largest absolute Gasteiger partial charge is 0.396 e. The van der Waals surface area contributed by atoms with Crippen molar-refractivity contribution < 1.29 is 13.5 Å². The SMILES string of the molecule is O=S(=O)(/C=C/c1ccccc1Cl)N1CCCC(CO)C1. The summed E-state index contributed by atoms with van der Waals surface area (Å²) < 4.78 is 25.9. The van der Waals surface area contributed by atoms with Crippen molar-refractivity contribution in [2.24, 2.45) is 5.92 Å². The van der Waals surface area contributed by atoms with Crippen molar-refractivity contribution in [2.45, 2.75) is 12.8 Å². The molecule has 0 saturated carbocycles. The average molecular weight is 316 g/mol. The van der Waals surface area contributed by atoms with Crippen molar-refractivity contribution in [1.82, 2.24) is 4.31 Å². The van der Waals surface area contributed by atoms with Gasteiger partial charge in [0.1, 0.15) is 0 Å². The molecule has 0 radical (unpaired) electrons. The number of hydrogen-bond donors (Lipinski definition) is 1. The highest BCUT2D eigenvalue weighted by Gasteiger charge is 2.26. The molecular weight excluding hydrogens is 298 g/mol. The van der Waals surface area contributed by atoms with Gasteiger partial charge < -0.3 is 5.11 Å². The summed E-state index contributed by atoms with van der Waals surface area (Å²) in [7, 11) is -3.46. The highest BCUT2D eigenvalue weighted by Crippen LogP contribution is 2.21. The maximum atomic E-state index is 12.2. The fourth-order valence-corrected chi connectivity index (χ4v) is 3.75. The number of nitrogens with zero attached hydrogens (tertiary/aromatic N) is 1. The number of halogens is 1. The lowest BCUT2D eigenvalue weighted by molar-refractivity contribution is 0.166. The van der Waals surface area contributed by atoms with Crippen molar-refractivity contribution in [3.8, 4) is 0 Å². The Hall–Kier alpha value is -0.880. The van der Waals surface area contributed by atoms with Crippen LogP contribution in [-0.4, -0.2) is 37.5 Å². The van der Waals surface area contributed by atoms with Gasteiger partial charge in [-0.15, -0.1) is 0 Å². The van der Waals surface area contributed by atoms with Crippen LogP contribution in [0.2, 0.25) is 5.02 Å². The predicted octanol–water partition coefficient (Wildman–Crippen LogP) is 2.34. The normalized spacial score (nSPS) is 21.4. The van der Waals surface area contributed by atoms with Gasteiger partial charge in [0.05, 0.1) is 0 Å². The Morgan fingerprint density at radius 1 is 1.40 bits per heavy atom. The molecule has 1 N–H and O–H groups in total. The minimum Gasteiger partial charge on any atom is -0.396 e. The van der Waals surface area contributed by atoms with Gasteiger partial charge in [-0.1, -0.05) is 29.8 Å². The molecule has 1 saturated heterocycles. The Morgan fingerprint density at radius 3 is 2.85 bits per heavy atom. The van der Waals surface area contributed by atoms with Crippen LogP contribution in [0.25, 0.3) is 6.08 Å². The lowest BCUT2D eigenvalue weighted by Gasteiger charge is -2.29. The van der Waals surface area contributed by atoms with Gasteiger partial charge in [0.15, 0.2) is 0 Å². The Balaban J connectivity index is 2.13. The van der Waals surface area contributed by atoms with Crippen molar-refractivity contribution in [1.29, 1.82) is 0 Å². The van der Waals surface area contributed by atoms with Gasteiger partial charge in [-0.2, -0.15) is 4.31 Å². The lowest BCUT2D eigenvalue weighted by atomic mass is 10.0. The highest BCUT2D eigenvalue weighted by molar-refractivity contribution is 7.92. The van der Waals surface area contributed by atoms with Gasteiger partial charge in [0.2, 0.25) is 10.0 Å². The maximum absolute atomic E-state index is 12.2. The van der Waals surface area contributed by atoms with Crippen molar-refractivity contribution in [3.63, 3.8) is 0 Å². The summed E-state index contributed by atoms with van der Waals surface area (Å²) in [6, 6.07) is 7.09. The van der Waals surface area contributed by atoms with Crippen molar-refractivity contribution in [2.75, 3.05) is 19.7 Å². The molecule has 1 aromatic rings. The third kappa shape index (κ3) is 3.82. The average Bonchev–Trinajstić information content (AvgIpc) is 2.46. The molecule has 1 aliphatic heterocycles. The first-order chi connectivity index (χ1) is 9.53. The molecule has 1 fully saturated rings. The van der Waals surface area contributed by atoms with Gasteiger partial charge in [0, 0.05) is 30.1 Å². The topological polar surface area (TPSA) is 57.6 Å². The molecule has 1 unspecified atom stereocenters. The van der Waals surface area contributed by atoms with Crippen LogP contribution in [-0.2, 0) is 10.0 Å². The van der Waals surface area contributed by atoms with Gasteiger partial charge in [-0.05, 0) is 36.5 Å². The van der Waals surface area contributed by atoms with Gasteiger partial charge in [0.25, 0.3) is 0 Å². The molecular formula is C14H18ClNO3S. The van der Waals surface area contributed by atoms with E-state index in [2.05, 4.69) is 0 Å². The molecule has 1 heterocycles. The standard InChI is InChI=1S/C14H18ClNO3S/c15-14-6-2-1-5-13(14)7-9-20(18,19)16-8-3-4-12(10-16)11-17/h1-2,5-7,9,12,17H,3-4,8,10-11H2/b9-7+. The highest BCUT2D eigenvalue weighted by atomic mass is 35.5. The first kappa shape index (κ1) is 15.5. The summed E-state index contributed by atoms with van der Waals surface area (Å²) in [5, 5.41) is 10.9. The third-order valence-electron chi connectivity index (χ3n) is 3.42. The second kappa shape index (κ2) is 6.72. The maximum Gasteiger partial charge on any atom is 0.236 e. The minimum atomic E-state index is -3.46. The first-order valence-electron chi connectivity index (χ1n) is 6.56. The smallest absolute Gasteiger partial charge is 0.236 e. The molecule has 0 spiro atoms. The van der Waals surface area contributed by atoms with Crippen LogP contribution < -0.4 is 0 Å². The predicted molar refractivity (Wildman–Crippen MR) is 80.8 cm³/mol. The van der Waals surface area contributed by atoms with E-state index in [1.807, 2.05) is 0 Å². The molecule has 1 atom stereocenters. The second-order valence-corrected chi connectivity index (χ2v) is 7.14. The summed E-state index contributed by atoms with van der Waals surface area (Å²) in [6.45, 7) is 0.914. The van der Waals surface area contributed by atoms with Crippen LogP contribution in [0.3, 0.4) is 0 Å². The summed E-state index contributed by atoms with van der Waals surface area (Å²) in [5.74, 6) is 0.0345. The van der Waals surface area contributed by atoms with Crippen molar-refractivity contribution >= 4 is 27.7 Å². The fourth-order valence-electron chi connectivity index (χ4n) is 2.26. The number of aliphatic hydroxyl groups excluding tert-OH is 1. The van der Waals surface area contributed by atoms with E-state index in [4.69, 9.17) is 16.7 Å². The number of hydrogen-bond acceptors (Lipinski definition) is 3. The monoisotopic (exact) mass is 315 g/mol. The van der Waals surface area contributed by atoms with Crippen LogP contribution >= 0.6 is 11.6 Å². The number of aliphatic hydroxyl groups is 1. The summed E-state index contributed by atoms with van der Waals surface area (Å²) >= 11 is 5.99.